The van der Waals surface area contributed by atoms with Gasteiger partial charge in [0.15, 0.2) is 11.6 Å². The lowest BCUT2D eigenvalue weighted by atomic mass is 9.86. The van der Waals surface area contributed by atoms with E-state index in [-0.39, 0.29) is 65.8 Å². The smallest absolute Gasteiger partial charge is 0.335 e. The summed E-state index contributed by atoms with van der Waals surface area (Å²) in [5.41, 5.74) is 9.00. The number of ketones is 1. The van der Waals surface area contributed by atoms with Crippen LogP contribution in [0, 0.1) is 5.82 Å². The number of carboxylic acid groups (broad SMARTS) is 2. The molecule has 0 radical (unpaired) electrons. The van der Waals surface area contributed by atoms with Gasteiger partial charge in [0.2, 0.25) is 12.0 Å². The number of Topliss-reactive ketones (excluding diaryl/α,β-unsaturated/α-hetero) is 1. The number of amides is 2. The zero-order chi connectivity index (χ0) is 37.1. The van der Waals surface area contributed by atoms with Gasteiger partial charge in [-0.05, 0) is 59.9 Å². The second kappa shape index (κ2) is 15.5. The van der Waals surface area contributed by atoms with Gasteiger partial charge in [-0.1, -0.05) is 47.1 Å². The molecule has 3 heterocycles. The molecule has 0 aliphatic carbocycles. The maximum absolute atomic E-state index is 14.8. The Morgan fingerprint density at radius 2 is 1.67 bits per heavy atom. The summed E-state index contributed by atoms with van der Waals surface area (Å²) >= 11 is 5.97. The highest BCUT2D eigenvalue weighted by atomic mass is 35.5. The summed E-state index contributed by atoms with van der Waals surface area (Å²) < 4.78 is 14.8. The van der Waals surface area contributed by atoms with Crippen molar-refractivity contribution < 1.29 is 43.4 Å². The van der Waals surface area contributed by atoms with Crippen LogP contribution in [0.15, 0.2) is 65.8 Å². The quantitative estimate of drug-likeness (QED) is 0.264. The Morgan fingerprint density at radius 3 is 2.37 bits per heavy atom. The maximum atomic E-state index is 14.8. The lowest BCUT2D eigenvalue weighted by Gasteiger charge is -2.41. The van der Waals surface area contributed by atoms with Crippen molar-refractivity contribution in [2.24, 2.45) is 10.9 Å². The molecular formula is C37H37ClFN5O8. The van der Waals surface area contributed by atoms with E-state index >= 15 is 0 Å². The summed E-state index contributed by atoms with van der Waals surface area (Å²) in [7, 11) is 0. The minimum absolute atomic E-state index is 0.0255. The zero-order valence-electron chi connectivity index (χ0n) is 28.0. The van der Waals surface area contributed by atoms with Gasteiger partial charge in [-0.25, -0.2) is 9.18 Å². The number of aromatic carboxylic acids is 1. The number of benzene rings is 3. The summed E-state index contributed by atoms with van der Waals surface area (Å²) in [4.78, 5) is 74.5. The highest BCUT2D eigenvalue weighted by Gasteiger charge is 2.42. The monoisotopic (exact) mass is 733 g/mol. The fourth-order valence-electron chi connectivity index (χ4n) is 6.93. The largest absolute Gasteiger partial charge is 0.480 e. The van der Waals surface area contributed by atoms with Gasteiger partial charge in [-0.15, -0.1) is 0 Å². The second-order valence-corrected chi connectivity index (χ2v) is 13.4. The number of piperazine rings is 1. The molecule has 1 fully saturated rings. The third kappa shape index (κ3) is 7.63. The van der Waals surface area contributed by atoms with Crippen molar-refractivity contribution in [1.29, 1.82) is 0 Å². The highest BCUT2D eigenvalue weighted by Crippen LogP contribution is 2.38. The predicted octanol–water partition coefficient (Wildman–Crippen LogP) is 3.45. The SMILES string of the molecule is N[C@@H](CCC(=O)N1CCN(c2cccc3c2CCN(C(=O)C2CC(c4cccc(Cl)c4F)=NO2)C3C(=O)Cc2ccc(C(=O)O)cc2)CC1)C(=O)O. The molecule has 3 aliphatic heterocycles. The topological polar surface area (TPSA) is 183 Å². The molecule has 272 valence electrons. The van der Waals surface area contributed by atoms with Crippen molar-refractivity contribution in [2.45, 2.75) is 50.3 Å². The van der Waals surface area contributed by atoms with Gasteiger partial charge in [0, 0.05) is 63.2 Å². The lowest BCUT2D eigenvalue weighted by molar-refractivity contribution is -0.149. The van der Waals surface area contributed by atoms with E-state index in [2.05, 4.69) is 10.1 Å². The lowest BCUT2D eigenvalue weighted by Crippen LogP contribution is -2.50. The number of rotatable bonds is 11. The summed E-state index contributed by atoms with van der Waals surface area (Å²) in [6.07, 6.45) is -0.700. The number of fused-ring (bicyclic) bond motifs is 1. The van der Waals surface area contributed by atoms with E-state index in [4.69, 9.17) is 27.3 Å². The molecule has 2 unspecified atom stereocenters. The van der Waals surface area contributed by atoms with Gasteiger partial charge in [-0.2, -0.15) is 0 Å². The minimum Gasteiger partial charge on any atom is -0.480 e. The van der Waals surface area contributed by atoms with Crippen LogP contribution >= 0.6 is 11.6 Å². The maximum Gasteiger partial charge on any atom is 0.335 e. The second-order valence-electron chi connectivity index (χ2n) is 13.0. The van der Waals surface area contributed by atoms with Gasteiger partial charge in [-0.3, -0.25) is 19.2 Å². The van der Waals surface area contributed by atoms with Crippen molar-refractivity contribution in [3.8, 4) is 0 Å². The van der Waals surface area contributed by atoms with E-state index in [9.17, 15) is 33.5 Å². The Bertz CT molecular complexity index is 1930. The molecule has 15 heteroatoms. The molecule has 0 saturated carbocycles. The Kier molecular flexibility index (Phi) is 10.9. The molecule has 4 N–H and O–H groups in total. The number of hydrogen-bond donors (Lipinski definition) is 3. The number of carbonyl (C=O) groups is 5. The first kappa shape index (κ1) is 36.5. The summed E-state index contributed by atoms with van der Waals surface area (Å²) in [5.74, 6) is -3.85. The molecule has 6 rings (SSSR count). The molecule has 3 aromatic carbocycles. The van der Waals surface area contributed by atoms with Gasteiger partial charge >= 0.3 is 11.9 Å². The van der Waals surface area contributed by atoms with Crippen LogP contribution < -0.4 is 10.6 Å². The van der Waals surface area contributed by atoms with Crippen molar-refractivity contribution in [2.75, 3.05) is 37.6 Å². The fraction of sp³-hybridized carbons (Fsp3) is 0.351. The number of nitrogens with two attached hydrogens (primary N) is 1. The van der Waals surface area contributed by atoms with E-state index in [1.807, 2.05) is 18.2 Å². The standard InChI is InChI=1S/C37H37ClFN5O8/c38-26-5-1-4-25(33(26)39)28-20-31(52-41-28)35(47)44-14-13-23-24(34(44)30(45)19-21-7-9-22(10-8-21)36(48)49)3-2-6-29(23)42-15-17-43(18-16-42)32(46)12-11-27(40)37(50)51/h1-10,27,31,34H,11-20,40H2,(H,48,49)(H,50,51)/t27-,31?,34?/m0/s1. The van der Waals surface area contributed by atoms with Crippen molar-refractivity contribution in [3.63, 3.8) is 0 Å². The first-order valence-corrected chi connectivity index (χ1v) is 17.3. The van der Waals surface area contributed by atoms with E-state index < -0.39 is 41.9 Å². The highest BCUT2D eigenvalue weighted by molar-refractivity contribution is 6.31. The number of carboxylic acids is 2. The molecule has 52 heavy (non-hydrogen) atoms. The average Bonchev–Trinajstić information content (AvgIpc) is 3.64. The van der Waals surface area contributed by atoms with E-state index in [0.717, 1.165) is 11.3 Å². The van der Waals surface area contributed by atoms with Crippen LogP contribution in [0.4, 0.5) is 10.1 Å². The molecule has 3 aromatic rings. The Balaban J connectivity index is 1.23. The average molecular weight is 734 g/mol. The molecule has 13 nitrogen and oxygen atoms in total. The van der Waals surface area contributed by atoms with Crippen LogP contribution in [-0.2, 0) is 36.9 Å². The molecule has 0 bridgehead atoms. The van der Waals surface area contributed by atoms with Crippen LogP contribution in [0.3, 0.4) is 0 Å². The van der Waals surface area contributed by atoms with Crippen LogP contribution in [-0.4, -0.2) is 100 Å². The molecule has 1 saturated heterocycles. The van der Waals surface area contributed by atoms with Crippen LogP contribution in [0.25, 0.3) is 0 Å². The third-order valence-electron chi connectivity index (χ3n) is 9.73. The Hall–Kier alpha value is -5.34. The molecule has 0 spiro atoms. The number of halogens is 2. The number of oxime groups is 1. The van der Waals surface area contributed by atoms with Crippen LogP contribution in [0.5, 0.6) is 0 Å². The number of anilines is 1. The summed E-state index contributed by atoms with van der Waals surface area (Å²) in [6.45, 7) is 2.01. The predicted molar refractivity (Wildman–Crippen MR) is 188 cm³/mol. The van der Waals surface area contributed by atoms with Gasteiger partial charge in [0.1, 0.15) is 12.1 Å². The minimum atomic E-state index is -1.15. The Labute approximate surface area is 303 Å². The van der Waals surface area contributed by atoms with E-state index in [0.29, 0.717) is 43.7 Å². The molecule has 0 aromatic heterocycles. The van der Waals surface area contributed by atoms with E-state index in [1.54, 1.807) is 23.1 Å². The first-order valence-electron chi connectivity index (χ1n) is 16.9. The van der Waals surface area contributed by atoms with Gasteiger partial charge < -0.3 is 35.5 Å². The number of hydrogen-bond acceptors (Lipinski definition) is 9. The Morgan fingerprint density at radius 1 is 0.962 bits per heavy atom. The molecule has 3 aliphatic rings. The normalized spacial score (nSPS) is 19.0. The molecule has 3 atom stereocenters. The van der Waals surface area contributed by atoms with Gasteiger partial charge in [0.05, 0.1) is 16.3 Å². The number of carbonyl (C=O) groups excluding carboxylic acids is 3. The van der Waals surface area contributed by atoms with Crippen LogP contribution in [0.2, 0.25) is 5.02 Å². The van der Waals surface area contributed by atoms with Crippen molar-refractivity contribution in [1.82, 2.24) is 9.80 Å². The fourth-order valence-corrected chi connectivity index (χ4v) is 7.11. The third-order valence-corrected chi connectivity index (χ3v) is 10.0. The number of nitrogens with zero attached hydrogens (tertiary/aromatic N) is 4. The molecule has 2 amide bonds. The summed E-state index contributed by atoms with van der Waals surface area (Å²) in [5, 5.41) is 22.3. The van der Waals surface area contributed by atoms with Crippen molar-refractivity contribution >= 4 is 52.5 Å². The summed E-state index contributed by atoms with van der Waals surface area (Å²) in [6, 6.07) is 14.0. The first-order chi connectivity index (χ1) is 24.9. The van der Waals surface area contributed by atoms with Crippen molar-refractivity contribution in [3.05, 3.63) is 99.3 Å². The van der Waals surface area contributed by atoms with Crippen LogP contribution in [0.1, 0.15) is 57.9 Å². The number of aliphatic carboxylic acids is 1. The van der Waals surface area contributed by atoms with Gasteiger partial charge in [0.25, 0.3) is 5.91 Å². The van der Waals surface area contributed by atoms with E-state index in [1.165, 1.54) is 29.2 Å². The zero-order valence-corrected chi connectivity index (χ0v) is 28.8. The molecular weight excluding hydrogens is 697 g/mol.